The van der Waals surface area contributed by atoms with Crippen LogP contribution in [0.2, 0.25) is 0 Å². The van der Waals surface area contributed by atoms with Gasteiger partial charge in [0.05, 0.1) is 12.0 Å². The minimum atomic E-state index is 0.000116. The zero-order valence-electron chi connectivity index (χ0n) is 14.1. The molecule has 126 valence electrons. The predicted octanol–water partition coefficient (Wildman–Crippen LogP) is 2.88. The first kappa shape index (κ1) is 16.5. The topological polar surface area (TPSA) is 44.4 Å². The van der Waals surface area contributed by atoms with E-state index in [4.69, 9.17) is 0 Å². The van der Waals surface area contributed by atoms with Gasteiger partial charge in [0, 0.05) is 19.6 Å². The van der Waals surface area contributed by atoms with Crippen LogP contribution < -0.4 is 10.9 Å². The summed E-state index contributed by atoms with van der Waals surface area (Å²) in [5, 5.41) is 0. The Morgan fingerprint density at radius 3 is 2.83 bits per heavy atom. The molecule has 1 aromatic carbocycles. The first-order valence-electron chi connectivity index (χ1n) is 9.11. The Kier molecular flexibility index (Phi) is 5.68. The van der Waals surface area contributed by atoms with E-state index in [1.165, 1.54) is 31.2 Å². The van der Waals surface area contributed by atoms with Crippen LogP contribution in [-0.2, 0) is 4.79 Å². The number of nitrogens with one attached hydrogen (secondary N) is 2. The summed E-state index contributed by atoms with van der Waals surface area (Å²) in [6, 6.07) is 10.4. The van der Waals surface area contributed by atoms with E-state index in [-0.39, 0.29) is 12.0 Å². The van der Waals surface area contributed by atoms with Crippen LogP contribution in [-0.4, -0.2) is 30.4 Å². The first-order valence-corrected chi connectivity index (χ1v) is 9.11. The normalized spacial score (nSPS) is 28.6. The molecule has 2 N–H and O–H groups in total. The second-order valence-corrected chi connectivity index (χ2v) is 6.93. The van der Waals surface area contributed by atoms with Crippen molar-refractivity contribution in [3.8, 4) is 0 Å². The number of hydrazine groups is 1. The molecule has 3 rings (SSSR count). The van der Waals surface area contributed by atoms with Gasteiger partial charge in [0.15, 0.2) is 0 Å². The number of hydrogen-bond donors (Lipinski definition) is 2. The van der Waals surface area contributed by atoms with Crippen molar-refractivity contribution in [2.45, 2.75) is 45.1 Å². The maximum Gasteiger partial charge on any atom is 0.229 e. The van der Waals surface area contributed by atoms with Crippen molar-refractivity contribution < 1.29 is 4.79 Å². The van der Waals surface area contributed by atoms with Crippen LogP contribution >= 0.6 is 0 Å². The molecule has 0 radical (unpaired) electrons. The molecule has 4 heteroatoms. The number of rotatable bonds is 4. The van der Waals surface area contributed by atoms with Crippen LogP contribution in [0.3, 0.4) is 0 Å². The third kappa shape index (κ3) is 3.93. The van der Waals surface area contributed by atoms with E-state index >= 15 is 0 Å². The Morgan fingerprint density at radius 1 is 1.22 bits per heavy atom. The lowest BCUT2D eigenvalue weighted by atomic mass is 9.93. The highest BCUT2D eigenvalue weighted by atomic mass is 16.2. The molecule has 23 heavy (non-hydrogen) atoms. The van der Waals surface area contributed by atoms with E-state index in [1.807, 2.05) is 18.2 Å². The van der Waals surface area contributed by atoms with Gasteiger partial charge in [0.25, 0.3) is 0 Å². The fourth-order valence-corrected chi connectivity index (χ4v) is 4.02. The number of carbonyl (C=O) groups is 1. The molecule has 2 heterocycles. The van der Waals surface area contributed by atoms with Gasteiger partial charge in [-0.15, -0.1) is 0 Å². The Labute approximate surface area is 139 Å². The molecule has 0 bridgehead atoms. The van der Waals surface area contributed by atoms with Crippen LogP contribution in [0.5, 0.6) is 0 Å². The monoisotopic (exact) mass is 315 g/mol. The molecular formula is C19H29N3O. The molecule has 2 aliphatic rings. The highest BCUT2D eigenvalue weighted by Crippen LogP contribution is 2.28. The van der Waals surface area contributed by atoms with E-state index < -0.39 is 0 Å². The highest BCUT2D eigenvalue weighted by Gasteiger charge is 2.36. The Balaban J connectivity index is 1.65. The van der Waals surface area contributed by atoms with Crippen molar-refractivity contribution in [3.05, 3.63) is 35.9 Å². The summed E-state index contributed by atoms with van der Waals surface area (Å²) < 4.78 is 0. The molecule has 3 atom stereocenters. The molecule has 3 unspecified atom stereocenters. The Bertz CT molecular complexity index is 505. The largest absolute Gasteiger partial charge is 0.342 e. The summed E-state index contributed by atoms with van der Waals surface area (Å²) in [5.74, 6) is 1.12. The van der Waals surface area contributed by atoms with Gasteiger partial charge in [0.1, 0.15) is 0 Å². The second kappa shape index (κ2) is 7.93. The fraction of sp³-hybridized carbons (Fsp3) is 0.632. The number of hydrogen-bond acceptors (Lipinski definition) is 3. The molecule has 0 aliphatic carbocycles. The number of likely N-dealkylation sites (tertiary alicyclic amines) is 1. The molecule has 2 aliphatic heterocycles. The van der Waals surface area contributed by atoms with Crippen molar-refractivity contribution in [1.82, 2.24) is 15.8 Å². The maximum atomic E-state index is 13.0. The molecule has 4 nitrogen and oxygen atoms in total. The van der Waals surface area contributed by atoms with Crippen LogP contribution in [0.15, 0.2) is 30.3 Å². The first-order chi connectivity index (χ1) is 11.3. The van der Waals surface area contributed by atoms with Gasteiger partial charge in [-0.1, -0.05) is 50.1 Å². The number of benzene rings is 1. The summed E-state index contributed by atoms with van der Waals surface area (Å²) in [7, 11) is 0. The van der Waals surface area contributed by atoms with Crippen LogP contribution in [0.25, 0.3) is 0 Å². The smallest absolute Gasteiger partial charge is 0.229 e. The zero-order valence-corrected chi connectivity index (χ0v) is 14.1. The summed E-state index contributed by atoms with van der Waals surface area (Å²) in [6.07, 6.45) is 6.16. The van der Waals surface area contributed by atoms with Crippen molar-refractivity contribution in [1.29, 1.82) is 0 Å². The van der Waals surface area contributed by atoms with E-state index in [9.17, 15) is 4.79 Å². The summed E-state index contributed by atoms with van der Waals surface area (Å²) in [6.45, 7) is 4.83. The van der Waals surface area contributed by atoms with Crippen LogP contribution in [0.4, 0.5) is 0 Å². The molecular weight excluding hydrogens is 286 g/mol. The average molecular weight is 315 g/mol. The van der Waals surface area contributed by atoms with Crippen molar-refractivity contribution in [3.63, 3.8) is 0 Å². The van der Waals surface area contributed by atoms with Gasteiger partial charge >= 0.3 is 0 Å². The molecule has 2 fully saturated rings. The lowest BCUT2D eigenvalue weighted by molar-refractivity contribution is -0.135. The molecule has 1 amide bonds. The van der Waals surface area contributed by atoms with Gasteiger partial charge < -0.3 is 4.90 Å². The fourth-order valence-electron chi connectivity index (χ4n) is 4.02. The standard InChI is InChI=1S/C19H29N3O/c1-2-7-15-8-6-12-22(13-11-15)19(23)17-14-20-21-18(17)16-9-4-3-5-10-16/h3-5,9-10,15,17-18,20-21H,2,6-8,11-14H2,1H3. The van der Waals surface area contributed by atoms with Gasteiger partial charge in [-0.25, -0.2) is 5.43 Å². The minimum Gasteiger partial charge on any atom is -0.342 e. The van der Waals surface area contributed by atoms with Crippen molar-refractivity contribution in [2.24, 2.45) is 11.8 Å². The molecule has 0 aromatic heterocycles. The van der Waals surface area contributed by atoms with Crippen molar-refractivity contribution in [2.75, 3.05) is 19.6 Å². The van der Waals surface area contributed by atoms with Crippen molar-refractivity contribution >= 4 is 5.91 Å². The minimum absolute atomic E-state index is 0.000116. The second-order valence-electron chi connectivity index (χ2n) is 6.93. The third-order valence-electron chi connectivity index (χ3n) is 5.31. The van der Waals surface area contributed by atoms with Gasteiger partial charge in [-0.2, -0.15) is 0 Å². The van der Waals surface area contributed by atoms with Crippen LogP contribution in [0, 0.1) is 11.8 Å². The Hall–Kier alpha value is -1.39. The highest BCUT2D eigenvalue weighted by molar-refractivity contribution is 5.80. The number of nitrogens with zero attached hydrogens (tertiary/aromatic N) is 1. The average Bonchev–Trinajstić information content (AvgIpc) is 2.96. The molecule has 0 spiro atoms. The SMILES string of the molecule is CCCC1CCCN(C(=O)C2CNNC2c2ccccc2)CC1. The van der Waals surface area contributed by atoms with E-state index in [0.29, 0.717) is 12.5 Å². The maximum absolute atomic E-state index is 13.0. The number of carbonyl (C=O) groups excluding carboxylic acids is 1. The third-order valence-corrected chi connectivity index (χ3v) is 5.31. The predicted molar refractivity (Wildman–Crippen MR) is 92.6 cm³/mol. The van der Waals surface area contributed by atoms with Crippen LogP contribution in [0.1, 0.15) is 50.6 Å². The van der Waals surface area contributed by atoms with Gasteiger partial charge in [0.2, 0.25) is 5.91 Å². The summed E-state index contributed by atoms with van der Waals surface area (Å²) in [4.78, 5) is 15.2. The lowest BCUT2D eigenvalue weighted by Gasteiger charge is -2.26. The van der Waals surface area contributed by atoms with Gasteiger partial charge in [-0.05, 0) is 30.7 Å². The van der Waals surface area contributed by atoms with E-state index in [0.717, 1.165) is 25.4 Å². The zero-order chi connectivity index (χ0) is 16.1. The summed E-state index contributed by atoms with van der Waals surface area (Å²) in [5.41, 5.74) is 7.67. The Morgan fingerprint density at radius 2 is 2.04 bits per heavy atom. The van der Waals surface area contributed by atoms with E-state index in [2.05, 4.69) is 34.8 Å². The van der Waals surface area contributed by atoms with Gasteiger partial charge in [-0.3, -0.25) is 10.2 Å². The summed E-state index contributed by atoms with van der Waals surface area (Å²) >= 11 is 0. The van der Waals surface area contributed by atoms with E-state index in [1.54, 1.807) is 0 Å². The molecule has 1 aromatic rings. The molecule has 0 saturated carbocycles. The lowest BCUT2D eigenvalue weighted by Crippen LogP contribution is -2.39. The quantitative estimate of drug-likeness (QED) is 0.898. The number of amides is 1. The molecule has 2 saturated heterocycles.